The quantitative estimate of drug-likeness (QED) is 0.904. The van der Waals surface area contributed by atoms with Crippen LogP contribution in [0.15, 0.2) is 24.4 Å². The second kappa shape index (κ2) is 5.34. The average Bonchev–Trinajstić information content (AvgIpc) is 2.97. The van der Waals surface area contributed by atoms with Crippen LogP contribution in [0.25, 0.3) is 5.52 Å². The van der Waals surface area contributed by atoms with E-state index in [9.17, 15) is 4.79 Å². The maximum atomic E-state index is 12.8. The predicted molar refractivity (Wildman–Crippen MR) is 98.5 cm³/mol. The van der Waals surface area contributed by atoms with Crippen molar-refractivity contribution in [3.05, 3.63) is 41.2 Å². The van der Waals surface area contributed by atoms with Crippen LogP contribution in [0.2, 0.25) is 0 Å². The second-order valence-electron chi connectivity index (χ2n) is 8.63. The van der Waals surface area contributed by atoms with Crippen LogP contribution in [0.3, 0.4) is 0 Å². The van der Waals surface area contributed by atoms with Gasteiger partial charge in [-0.3, -0.25) is 4.79 Å². The maximum absolute atomic E-state index is 12.8. The number of nitrogens with one attached hydrogen (secondary N) is 2. The number of nitrogens with zero attached hydrogens (tertiary/aromatic N) is 1. The number of carbonyl (C=O) groups is 1. The van der Waals surface area contributed by atoms with Crippen LogP contribution in [0, 0.1) is 17.8 Å². The summed E-state index contributed by atoms with van der Waals surface area (Å²) >= 11 is 0. The van der Waals surface area contributed by atoms with Gasteiger partial charge >= 0.3 is 0 Å². The summed E-state index contributed by atoms with van der Waals surface area (Å²) in [6, 6.07) is 6.71. The third kappa shape index (κ3) is 2.34. The first kappa shape index (κ1) is 15.4. The Morgan fingerprint density at radius 3 is 2.72 bits per heavy atom. The largest absolute Gasteiger partial charge is 0.345 e. The molecule has 1 unspecified atom stereocenters. The molecule has 2 fully saturated rings. The summed E-state index contributed by atoms with van der Waals surface area (Å²) in [4.78, 5) is 12.8. The molecule has 2 aromatic heterocycles. The fourth-order valence-corrected chi connectivity index (χ4v) is 5.20. The molecule has 5 rings (SSSR count). The molecule has 4 heteroatoms. The van der Waals surface area contributed by atoms with Gasteiger partial charge in [-0.25, -0.2) is 0 Å². The number of carbonyl (C=O) groups excluding carboxylic acids is 1. The Morgan fingerprint density at radius 2 is 1.92 bits per heavy atom. The minimum atomic E-state index is -0.364. The average molecular weight is 337 g/mol. The molecule has 132 valence electrons. The van der Waals surface area contributed by atoms with E-state index in [4.69, 9.17) is 0 Å². The molecule has 0 radical (unpaired) electrons. The minimum Gasteiger partial charge on any atom is -0.345 e. The van der Waals surface area contributed by atoms with E-state index in [1.807, 2.05) is 0 Å². The zero-order chi connectivity index (χ0) is 17.2. The van der Waals surface area contributed by atoms with Gasteiger partial charge in [0.2, 0.25) is 5.91 Å². The molecule has 2 N–H and O–H groups in total. The fraction of sp³-hybridized carbons (Fsp3) is 0.571. The van der Waals surface area contributed by atoms with Gasteiger partial charge < -0.3 is 15.0 Å². The standard InChI is InChI=1S/C21H27N3O/c1-21(2,23-20(25)19-15-11-22-12-16(15)19)18-8-7-17-14-6-4-3-5-13(14)9-10-24(17)18/h7-10,15-16,19,22H,3-6,11-12H2,1-2H3,(H,23,25)/t15-,16+,19?. The second-order valence-corrected chi connectivity index (χ2v) is 8.63. The van der Waals surface area contributed by atoms with Crippen molar-refractivity contribution in [2.24, 2.45) is 17.8 Å². The molecule has 2 aliphatic carbocycles. The number of fused-ring (bicyclic) bond motifs is 4. The third-order valence-corrected chi connectivity index (χ3v) is 6.63. The van der Waals surface area contributed by atoms with Crippen molar-refractivity contribution in [2.75, 3.05) is 13.1 Å². The Labute approximate surface area is 149 Å². The van der Waals surface area contributed by atoms with Crippen LogP contribution < -0.4 is 10.6 Å². The fourth-order valence-electron chi connectivity index (χ4n) is 5.20. The summed E-state index contributed by atoms with van der Waals surface area (Å²) in [5.74, 6) is 1.58. The predicted octanol–water partition coefficient (Wildman–Crippen LogP) is 2.63. The van der Waals surface area contributed by atoms with E-state index in [1.165, 1.54) is 48.0 Å². The van der Waals surface area contributed by atoms with Crippen molar-refractivity contribution in [3.63, 3.8) is 0 Å². The number of aromatic nitrogens is 1. The number of pyridine rings is 1. The van der Waals surface area contributed by atoms with Crippen molar-refractivity contribution in [1.29, 1.82) is 0 Å². The maximum Gasteiger partial charge on any atom is 0.224 e. The number of hydrogen-bond acceptors (Lipinski definition) is 2. The first-order chi connectivity index (χ1) is 12.1. The highest BCUT2D eigenvalue weighted by molar-refractivity contribution is 5.83. The summed E-state index contributed by atoms with van der Waals surface area (Å²) in [5, 5.41) is 6.70. The first-order valence-electron chi connectivity index (χ1n) is 9.71. The van der Waals surface area contributed by atoms with Crippen LogP contribution in [0.1, 0.15) is 43.5 Å². The molecule has 3 aliphatic rings. The normalized spacial score (nSPS) is 27.8. The van der Waals surface area contributed by atoms with E-state index in [0.717, 1.165) is 13.1 Å². The zero-order valence-corrected chi connectivity index (χ0v) is 15.1. The summed E-state index contributed by atoms with van der Waals surface area (Å²) in [5.41, 5.74) is 5.14. The summed E-state index contributed by atoms with van der Waals surface area (Å²) in [6.07, 6.45) is 7.15. The number of rotatable bonds is 3. The third-order valence-electron chi connectivity index (χ3n) is 6.63. The van der Waals surface area contributed by atoms with Gasteiger partial charge in [-0.1, -0.05) is 0 Å². The van der Waals surface area contributed by atoms with Crippen molar-refractivity contribution >= 4 is 11.4 Å². The van der Waals surface area contributed by atoms with Crippen LogP contribution in [0.5, 0.6) is 0 Å². The summed E-state index contributed by atoms with van der Waals surface area (Å²) < 4.78 is 2.29. The van der Waals surface area contributed by atoms with Crippen LogP contribution in [-0.2, 0) is 23.2 Å². The van der Waals surface area contributed by atoms with Crippen molar-refractivity contribution < 1.29 is 4.79 Å². The lowest BCUT2D eigenvalue weighted by Crippen LogP contribution is -2.43. The summed E-state index contributed by atoms with van der Waals surface area (Å²) in [6.45, 7) is 6.26. The monoisotopic (exact) mass is 337 g/mol. The van der Waals surface area contributed by atoms with Gasteiger partial charge in [0.05, 0.1) is 5.54 Å². The Balaban J connectivity index is 1.44. The molecule has 2 aromatic rings. The molecule has 0 bridgehead atoms. The minimum absolute atomic E-state index is 0.222. The molecule has 1 saturated heterocycles. The summed E-state index contributed by atoms with van der Waals surface area (Å²) in [7, 11) is 0. The number of aryl methyl sites for hydroxylation is 2. The van der Waals surface area contributed by atoms with Crippen LogP contribution in [-0.4, -0.2) is 23.4 Å². The smallest absolute Gasteiger partial charge is 0.224 e. The Hall–Kier alpha value is -1.81. The molecular weight excluding hydrogens is 310 g/mol. The van der Waals surface area contributed by atoms with Crippen molar-refractivity contribution in [2.45, 2.75) is 45.1 Å². The van der Waals surface area contributed by atoms with Gasteiger partial charge in [-0.05, 0) is 93.8 Å². The van der Waals surface area contributed by atoms with E-state index in [-0.39, 0.29) is 17.4 Å². The molecule has 0 aromatic carbocycles. The molecule has 1 saturated carbocycles. The van der Waals surface area contributed by atoms with E-state index in [0.29, 0.717) is 11.8 Å². The lowest BCUT2D eigenvalue weighted by atomic mass is 9.92. The molecule has 3 atom stereocenters. The van der Waals surface area contributed by atoms with E-state index >= 15 is 0 Å². The van der Waals surface area contributed by atoms with E-state index in [1.54, 1.807) is 0 Å². The Bertz CT molecular complexity index is 840. The molecule has 3 heterocycles. The number of hydrogen-bond donors (Lipinski definition) is 2. The van der Waals surface area contributed by atoms with Gasteiger partial charge in [0.1, 0.15) is 0 Å². The van der Waals surface area contributed by atoms with Gasteiger partial charge in [0.15, 0.2) is 0 Å². The van der Waals surface area contributed by atoms with Crippen LogP contribution >= 0.6 is 0 Å². The highest BCUT2D eigenvalue weighted by Crippen LogP contribution is 2.49. The molecular formula is C21H27N3O. The highest BCUT2D eigenvalue weighted by atomic mass is 16.2. The van der Waals surface area contributed by atoms with Crippen LogP contribution in [0.4, 0.5) is 0 Å². The first-order valence-corrected chi connectivity index (χ1v) is 9.71. The molecule has 4 nitrogen and oxygen atoms in total. The Morgan fingerprint density at radius 1 is 1.16 bits per heavy atom. The lowest BCUT2D eigenvalue weighted by Gasteiger charge is -2.28. The topological polar surface area (TPSA) is 45.5 Å². The van der Waals surface area contributed by atoms with Crippen molar-refractivity contribution in [3.8, 4) is 0 Å². The van der Waals surface area contributed by atoms with E-state index < -0.39 is 0 Å². The van der Waals surface area contributed by atoms with Gasteiger partial charge in [0, 0.05) is 23.3 Å². The molecule has 1 amide bonds. The lowest BCUT2D eigenvalue weighted by molar-refractivity contribution is -0.124. The van der Waals surface area contributed by atoms with E-state index in [2.05, 4.69) is 53.3 Å². The van der Waals surface area contributed by atoms with Gasteiger partial charge in [-0.15, -0.1) is 0 Å². The SMILES string of the molecule is CC(C)(NC(=O)C1[C@H]2CNC[C@@H]12)c1ccc2c3c(ccn12)CCCC3. The number of piperidine rings is 1. The highest BCUT2D eigenvalue weighted by Gasteiger charge is 2.57. The Kier molecular flexibility index (Phi) is 3.30. The van der Waals surface area contributed by atoms with Crippen molar-refractivity contribution in [1.82, 2.24) is 15.0 Å². The number of amides is 1. The molecule has 1 aliphatic heterocycles. The zero-order valence-electron chi connectivity index (χ0n) is 15.1. The molecule has 25 heavy (non-hydrogen) atoms. The van der Waals surface area contributed by atoms with Gasteiger partial charge in [-0.2, -0.15) is 0 Å². The van der Waals surface area contributed by atoms with Gasteiger partial charge in [0.25, 0.3) is 0 Å². The molecule has 0 spiro atoms.